The maximum Gasteiger partial charge on any atom is 0.241 e. The fourth-order valence-electron chi connectivity index (χ4n) is 1.84. The summed E-state index contributed by atoms with van der Waals surface area (Å²) in [5.41, 5.74) is 7.33. The van der Waals surface area contributed by atoms with Crippen molar-refractivity contribution >= 4 is 50.2 Å². The fourth-order valence-corrected chi connectivity index (χ4v) is 2.67. The second kappa shape index (κ2) is 7.06. The van der Waals surface area contributed by atoms with Crippen LogP contribution in [0.2, 0.25) is 0 Å². The maximum absolute atomic E-state index is 12.0. The number of rotatable bonds is 5. The first kappa shape index (κ1) is 15.3. The number of nitrogens with one attached hydrogen (secondary N) is 1. The number of carbonyl (C=O) groups excluding carboxylic acids is 1. The number of benzene rings is 1. The summed E-state index contributed by atoms with van der Waals surface area (Å²) in [4.78, 5) is 16.4. The van der Waals surface area contributed by atoms with Crippen LogP contribution in [-0.2, 0) is 4.79 Å². The lowest BCUT2D eigenvalue weighted by molar-refractivity contribution is -0.117. The molecular weight excluding hydrogens is 338 g/mol. The monoisotopic (exact) mass is 353 g/mol. The number of hydrogen-bond donors (Lipinski definition) is 2. The number of fused-ring (bicyclic) bond motifs is 1. The van der Waals surface area contributed by atoms with Crippen molar-refractivity contribution < 1.29 is 4.79 Å². The Kier molecular flexibility index (Phi) is 5.39. The van der Waals surface area contributed by atoms with Gasteiger partial charge in [-0.1, -0.05) is 12.1 Å². The molecule has 106 valence electrons. The second-order valence-corrected chi connectivity index (χ2v) is 6.31. The van der Waals surface area contributed by atoms with Gasteiger partial charge in [-0.3, -0.25) is 9.78 Å². The maximum atomic E-state index is 12.0. The Morgan fingerprint density at radius 1 is 1.55 bits per heavy atom. The van der Waals surface area contributed by atoms with Gasteiger partial charge in [0, 0.05) is 16.1 Å². The quantitative estimate of drug-likeness (QED) is 0.866. The van der Waals surface area contributed by atoms with Crippen LogP contribution in [0.25, 0.3) is 10.9 Å². The summed E-state index contributed by atoms with van der Waals surface area (Å²) in [6.45, 7) is 0. The van der Waals surface area contributed by atoms with E-state index < -0.39 is 6.04 Å². The van der Waals surface area contributed by atoms with Gasteiger partial charge >= 0.3 is 0 Å². The first-order valence-electron chi connectivity index (χ1n) is 6.21. The smallest absolute Gasteiger partial charge is 0.241 e. The molecule has 1 aromatic carbocycles. The summed E-state index contributed by atoms with van der Waals surface area (Å²) in [6, 6.07) is 7.15. The number of para-hydroxylation sites is 1. The minimum Gasteiger partial charge on any atom is -0.323 e. The van der Waals surface area contributed by atoms with Crippen molar-refractivity contribution in [2.75, 3.05) is 17.3 Å². The molecule has 0 aliphatic heterocycles. The SMILES string of the molecule is CSCC[C@H](N)C(=O)Nc1cccc2cc(Br)cnc12. The summed E-state index contributed by atoms with van der Waals surface area (Å²) < 4.78 is 0.908. The number of anilines is 1. The van der Waals surface area contributed by atoms with Crippen LogP contribution in [0.5, 0.6) is 0 Å². The Morgan fingerprint density at radius 3 is 3.10 bits per heavy atom. The molecule has 0 spiro atoms. The molecular formula is C14H16BrN3OS. The summed E-state index contributed by atoms with van der Waals surface area (Å²) in [6.07, 6.45) is 4.37. The van der Waals surface area contributed by atoms with Gasteiger partial charge < -0.3 is 11.1 Å². The number of nitrogens with two attached hydrogens (primary N) is 1. The molecule has 6 heteroatoms. The first-order chi connectivity index (χ1) is 9.61. The van der Waals surface area contributed by atoms with E-state index in [4.69, 9.17) is 5.73 Å². The zero-order chi connectivity index (χ0) is 14.5. The lowest BCUT2D eigenvalue weighted by Gasteiger charge is -2.13. The highest BCUT2D eigenvalue weighted by molar-refractivity contribution is 9.10. The van der Waals surface area contributed by atoms with E-state index in [1.807, 2.05) is 30.5 Å². The Morgan fingerprint density at radius 2 is 2.35 bits per heavy atom. The van der Waals surface area contributed by atoms with Crippen LogP contribution < -0.4 is 11.1 Å². The third kappa shape index (κ3) is 3.71. The molecule has 0 radical (unpaired) electrons. The number of aromatic nitrogens is 1. The van der Waals surface area contributed by atoms with Crippen LogP contribution in [0.1, 0.15) is 6.42 Å². The summed E-state index contributed by atoms with van der Waals surface area (Å²) in [5, 5.41) is 3.83. The minimum atomic E-state index is -0.492. The predicted octanol–water partition coefficient (Wildman–Crippen LogP) is 3.02. The summed E-state index contributed by atoms with van der Waals surface area (Å²) >= 11 is 5.07. The van der Waals surface area contributed by atoms with Crippen LogP contribution in [0.4, 0.5) is 5.69 Å². The topological polar surface area (TPSA) is 68.0 Å². The molecule has 2 rings (SSSR count). The van der Waals surface area contributed by atoms with Gasteiger partial charge in [-0.25, -0.2) is 0 Å². The molecule has 4 nitrogen and oxygen atoms in total. The molecule has 0 unspecified atom stereocenters. The molecule has 0 fully saturated rings. The normalized spacial score (nSPS) is 12.3. The van der Waals surface area contributed by atoms with E-state index in [0.29, 0.717) is 12.1 Å². The van der Waals surface area contributed by atoms with Crippen molar-refractivity contribution in [3.05, 3.63) is 34.9 Å². The highest BCUT2D eigenvalue weighted by Crippen LogP contribution is 2.24. The fraction of sp³-hybridized carbons (Fsp3) is 0.286. The Hall–Kier alpha value is -1.11. The second-order valence-electron chi connectivity index (χ2n) is 4.41. The van der Waals surface area contributed by atoms with Gasteiger partial charge in [-0.2, -0.15) is 11.8 Å². The third-order valence-electron chi connectivity index (χ3n) is 2.91. The molecule has 0 saturated carbocycles. The number of pyridine rings is 1. The molecule has 1 amide bonds. The molecule has 3 N–H and O–H groups in total. The van der Waals surface area contributed by atoms with E-state index in [2.05, 4.69) is 26.2 Å². The van der Waals surface area contributed by atoms with E-state index in [-0.39, 0.29) is 5.91 Å². The van der Waals surface area contributed by atoms with Crippen molar-refractivity contribution in [3.63, 3.8) is 0 Å². The lowest BCUT2D eigenvalue weighted by Crippen LogP contribution is -2.36. The lowest BCUT2D eigenvalue weighted by atomic mass is 10.1. The van der Waals surface area contributed by atoms with Crippen LogP contribution in [0, 0.1) is 0 Å². The highest BCUT2D eigenvalue weighted by Gasteiger charge is 2.14. The zero-order valence-corrected chi connectivity index (χ0v) is 13.5. The number of halogens is 1. The van der Waals surface area contributed by atoms with Gasteiger partial charge in [0.05, 0.1) is 17.2 Å². The summed E-state index contributed by atoms with van der Waals surface area (Å²) in [5.74, 6) is 0.700. The van der Waals surface area contributed by atoms with Crippen molar-refractivity contribution in [3.8, 4) is 0 Å². The standard InChI is InChI=1S/C14H16BrN3OS/c1-20-6-5-11(16)14(19)18-12-4-2-3-9-7-10(15)8-17-13(9)12/h2-4,7-8,11H,5-6,16H2,1H3,(H,18,19)/t11-/m0/s1. The van der Waals surface area contributed by atoms with Crippen molar-refractivity contribution in [1.29, 1.82) is 0 Å². The summed E-state index contributed by atoms with van der Waals surface area (Å²) in [7, 11) is 0. The van der Waals surface area contributed by atoms with E-state index >= 15 is 0 Å². The molecule has 20 heavy (non-hydrogen) atoms. The van der Waals surface area contributed by atoms with Gasteiger partial charge in [0.15, 0.2) is 0 Å². The molecule has 1 heterocycles. The average Bonchev–Trinajstić information content (AvgIpc) is 2.44. The Balaban J connectivity index is 2.19. The van der Waals surface area contributed by atoms with Crippen molar-refractivity contribution in [1.82, 2.24) is 4.98 Å². The number of hydrogen-bond acceptors (Lipinski definition) is 4. The predicted molar refractivity (Wildman–Crippen MR) is 89.0 cm³/mol. The van der Waals surface area contributed by atoms with E-state index in [9.17, 15) is 4.79 Å². The zero-order valence-electron chi connectivity index (χ0n) is 11.1. The van der Waals surface area contributed by atoms with Gasteiger partial charge in [0.2, 0.25) is 5.91 Å². The molecule has 0 aliphatic rings. The molecule has 0 aliphatic carbocycles. The number of thioether (sulfide) groups is 1. The van der Waals surface area contributed by atoms with Crippen LogP contribution in [0.3, 0.4) is 0 Å². The van der Waals surface area contributed by atoms with Crippen LogP contribution >= 0.6 is 27.7 Å². The van der Waals surface area contributed by atoms with Crippen molar-refractivity contribution in [2.45, 2.75) is 12.5 Å². The van der Waals surface area contributed by atoms with Gasteiger partial charge in [0.1, 0.15) is 0 Å². The first-order valence-corrected chi connectivity index (χ1v) is 8.40. The molecule has 2 aromatic rings. The third-order valence-corrected chi connectivity index (χ3v) is 3.98. The Labute approximate surface area is 130 Å². The highest BCUT2D eigenvalue weighted by atomic mass is 79.9. The van der Waals surface area contributed by atoms with E-state index in [1.54, 1.807) is 18.0 Å². The average molecular weight is 354 g/mol. The minimum absolute atomic E-state index is 0.170. The van der Waals surface area contributed by atoms with Gasteiger partial charge in [0.25, 0.3) is 0 Å². The van der Waals surface area contributed by atoms with Gasteiger partial charge in [-0.05, 0) is 46.5 Å². The molecule has 1 aromatic heterocycles. The van der Waals surface area contributed by atoms with Gasteiger partial charge in [-0.15, -0.1) is 0 Å². The molecule has 0 bridgehead atoms. The molecule has 0 saturated heterocycles. The Bertz CT molecular complexity index is 620. The van der Waals surface area contributed by atoms with Crippen LogP contribution in [-0.4, -0.2) is 28.9 Å². The molecule has 1 atom stereocenters. The number of nitrogens with zero attached hydrogens (tertiary/aromatic N) is 1. The number of carbonyl (C=O) groups is 1. The van der Waals surface area contributed by atoms with E-state index in [1.165, 1.54) is 0 Å². The van der Waals surface area contributed by atoms with Crippen molar-refractivity contribution in [2.24, 2.45) is 5.73 Å². The largest absolute Gasteiger partial charge is 0.323 e. The van der Waals surface area contributed by atoms with E-state index in [0.717, 1.165) is 21.1 Å². The number of amides is 1. The van der Waals surface area contributed by atoms with Crippen LogP contribution in [0.15, 0.2) is 34.9 Å².